The lowest BCUT2D eigenvalue weighted by Crippen LogP contribution is -2.35. The van der Waals surface area contributed by atoms with Crippen molar-refractivity contribution in [3.05, 3.63) is 0 Å². The van der Waals surface area contributed by atoms with E-state index in [9.17, 15) is 4.79 Å². The summed E-state index contributed by atoms with van der Waals surface area (Å²) >= 11 is 0. The summed E-state index contributed by atoms with van der Waals surface area (Å²) in [5.41, 5.74) is 6.05. The molecule has 1 amide bonds. The first-order valence-corrected chi connectivity index (χ1v) is 6.82. The van der Waals surface area contributed by atoms with Crippen molar-refractivity contribution < 1.29 is 14.3 Å². The van der Waals surface area contributed by atoms with E-state index in [-0.39, 0.29) is 31.0 Å². The summed E-state index contributed by atoms with van der Waals surface area (Å²) in [6, 6.07) is 0.287. The maximum Gasteiger partial charge on any atom is 0.248 e. The summed E-state index contributed by atoms with van der Waals surface area (Å²) in [6.45, 7) is 3.15. The fraction of sp³-hybridized carbons (Fsp3) is 0.923. The van der Waals surface area contributed by atoms with Crippen molar-refractivity contribution in [2.45, 2.75) is 25.3 Å². The fourth-order valence-electron chi connectivity index (χ4n) is 3.07. The predicted octanol–water partition coefficient (Wildman–Crippen LogP) is 0.657. The van der Waals surface area contributed by atoms with Crippen LogP contribution in [0.25, 0.3) is 0 Å². The lowest BCUT2D eigenvalue weighted by atomic mass is 9.98. The second-order valence-electron chi connectivity index (χ2n) is 5.36. The number of carbonyl (C=O) groups is 1. The molecule has 2 fully saturated rings. The summed E-state index contributed by atoms with van der Waals surface area (Å²) in [6.07, 6.45) is 3.12. The SMILES string of the molecule is COCCCOCC(=O)N1CC2CCC(N)C2C1.Cl. The van der Waals surface area contributed by atoms with Gasteiger partial charge >= 0.3 is 0 Å². The quantitative estimate of drug-likeness (QED) is 0.731. The number of likely N-dealkylation sites (tertiary alicyclic amines) is 1. The highest BCUT2D eigenvalue weighted by molar-refractivity contribution is 5.85. The van der Waals surface area contributed by atoms with Crippen LogP contribution in [0.5, 0.6) is 0 Å². The van der Waals surface area contributed by atoms with Gasteiger partial charge in [-0.25, -0.2) is 0 Å². The van der Waals surface area contributed by atoms with E-state index in [4.69, 9.17) is 15.2 Å². The van der Waals surface area contributed by atoms with Gasteiger partial charge in [0.2, 0.25) is 5.91 Å². The zero-order chi connectivity index (χ0) is 13.0. The molecule has 1 saturated heterocycles. The first-order valence-electron chi connectivity index (χ1n) is 6.82. The Kier molecular flexibility index (Phi) is 7.07. The van der Waals surface area contributed by atoms with Crippen LogP contribution in [0.4, 0.5) is 0 Å². The molecule has 1 aliphatic heterocycles. The smallest absolute Gasteiger partial charge is 0.248 e. The molecule has 2 N–H and O–H groups in total. The number of carbonyl (C=O) groups excluding carboxylic acids is 1. The monoisotopic (exact) mass is 292 g/mol. The number of methoxy groups -OCH3 is 1. The molecule has 1 heterocycles. The van der Waals surface area contributed by atoms with E-state index >= 15 is 0 Å². The highest BCUT2D eigenvalue weighted by atomic mass is 35.5. The van der Waals surface area contributed by atoms with Gasteiger partial charge in [0.1, 0.15) is 6.61 Å². The average molecular weight is 293 g/mol. The number of hydrogen-bond acceptors (Lipinski definition) is 4. The van der Waals surface area contributed by atoms with Crippen molar-refractivity contribution in [2.75, 3.05) is 40.0 Å². The standard InChI is InChI=1S/C13H24N2O3.ClH/c1-17-5-2-6-18-9-13(16)15-7-10-3-4-12(14)11(10)8-15;/h10-12H,2-9,14H2,1H3;1H. The summed E-state index contributed by atoms with van der Waals surface area (Å²) in [4.78, 5) is 13.9. The molecule has 2 rings (SSSR count). The van der Waals surface area contributed by atoms with Crippen LogP contribution >= 0.6 is 12.4 Å². The maximum atomic E-state index is 11.9. The first-order chi connectivity index (χ1) is 8.72. The van der Waals surface area contributed by atoms with Gasteiger partial charge in [-0.15, -0.1) is 12.4 Å². The molecule has 0 aromatic rings. The summed E-state index contributed by atoms with van der Waals surface area (Å²) < 4.78 is 10.3. The topological polar surface area (TPSA) is 64.8 Å². The van der Waals surface area contributed by atoms with Crippen molar-refractivity contribution in [3.63, 3.8) is 0 Å². The minimum absolute atomic E-state index is 0. The van der Waals surface area contributed by atoms with Gasteiger partial charge in [-0.05, 0) is 31.1 Å². The van der Waals surface area contributed by atoms with E-state index in [2.05, 4.69) is 0 Å². The fourth-order valence-corrected chi connectivity index (χ4v) is 3.07. The van der Waals surface area contributed by atoms with Crippen molar-refractivity contribution in [1.82, 2.24) is 4.90 Å². The summed E-state index contributed by atoms with van der Waals surface area (Å²) in [5, 5.41) is 0. The lowest BCUT2D eigenvalue weighted by molar-refractivity contribution is -0.135. The van der Waals surface area contributed by atoms with Crippen LogP contribution in [0.15, 0.2) is 0 Å². The highest BCUT2D eigenvalue weighted by Crippen LogP contribution is 2.36. The molecule has 1 aliphatic carbocycles. The molecule has 0 radical (unpaired) electrons. The van der Waals surface area contributed by atoms with Crippen LogP contribution in [-0.2, 0) is 14.3 Å². The second kappa shape index (κ2) is 8.04. The Morgan fingerprint density at radius 3 is 2.79 bits per heavy atom. The minimum atomic E-state index is 0. The molecule has 1 saturated carbocycles. The molecule has 112 valence electrons. The first kappa shape index (κ1) is 16.7. The lowest BCUT2D eigenvalue weighted by Gasteiger charge is -2.18. The van der Waals surface area contributed by atoms with E-state index in [0.29, 0.717) is 25.0 Å². The Bertz CT molecular complexity index is 291. The van der Waals surface area contributed by atoms with Crippen LogP contribution in [0.3, 0.4) is 0 Å². The van der Waals surface area contributed by atoms with E-state index in [1.54, 1.807) is 7.11 Å². The molecule has 0 spiro atoms. The van der Waals surface area contributed by atoms with E-state index < -0.39 is 0 Å². The molecule has 2 aliphatic rings. The largest absolute Gasteiger partial charge is 0.385 e. The molecule has 3 unspecified atom stereocenters. The van der Waals surface area contributed by atoms with E-state index in [1.165, 1.54) is 6.42 Å². The highest BCUT2D eigenvalue weighted by Gasteiger charge is 2.42. The van der Waals surface area contributed by atoms with Crippen molar-refractivity contribution >= 4 is 18.3 Å². The Morgan fingerprint density at radius 2 is 2.11 bits per heavy atom. The normalized spacial score (nSPS) is 29.2. The number of halogens is 1. The summed E-state index contributed by atoms with van der Waals surface area (Å²) in [5.74, 6) is 1.24. The van der Waals surface area contributed by atoms with Gasteiger partial charge in [0.25, 0.3) is 0 Å². The molecule has 0 aromatic carbocycles. The van der Waals surface area contributed by atoms with Crippen LogP contribution < -0.4 is 5.73 Å². The van der Waals surface area contributed by atoms with Gasteiger partial charge in [-0.2, -0.15) is 0 Å². The molecule has 5 nitrogen and oxygen atoms in total. The number of amides is 1. The van der Waals surface area contributed by atoms with Crippen LogP contribution in [0, 0.1) is 11.8 Å². The second-order valence-corrected chi connectivity index (χ2v) is 5.36. The third kappa shape index (κ3) is 4.31. The average Bonchev–Trinajstić information content (AvgIpc) is 2.92. The maximum absolute atomic E-state index is 11.9. The Morgan fingerprint density at radius 1 is 1.32 bits per heavy atom. The predicted molar refractivity (Wildman–Crippen MR) is 75.3 cm³/mol. The number of ether oxygens (including phenoxy) is 2. The molecular formula is C13H25ClN2O3. The zero-order valence-electron chi connectivity index (χ0n) is 11.5. The zero-order valence-corrected chi connectivity index (χ0v) is 12.4. The summed E-state index contributed by atoms with van der Waals surface area (Å²) in [7, 11) is 1.66. The van der Waals surface area contributed by atoms with Gasteiger partial charge < -0.3 is 20.1 Å². The molecule has 0 aromatic heterocycles. The van der Waals surface area contributed by atoms with Gasteiger partial charge in [-0.3, -0.25) is 4.79 Å². The number of hydrogen-bond donors (Lipinski definition) is 1. The van der Waals surface area contributed by atoms with E-state index in [1.807, 2.05) is 4.90 Å². The van der Waals surface area contributed by atoms with E-state index in [0.717, 1.165) is 25.9 Å². The minimum Gasteiger partial charge on any atom is -0.385 e. The third-order valence-corrected chi connectivity index (χ3v) is 4.13. The van der Waals surface area contributed by atoms with Crippen molar-refractivity contribution in [2.24, 2.45) is 17.6 Å². The third-order valence-electron chi connectivity index (χ3n) is 4.13. The van der Waals surface area contributed by atoms with Crippen molar-refractivity contribution in [3.8, 4) is 0 Å². The number of nitrogens with two attached hydrogens (primary N) is 1. The Labute approximate surface area is 121 Å². The van der Waals surface area contributed by atoms with Gasteiger partial charge in [0, 0.05) is 39.5 Å². The number of rotatable bonds is 6. The Balaban J connectivity index is 0.00000180. The Hall–Kier alpha value is -0.360. The molecule has 19 heavy (non-hydrogen) atoms. The molecule has 0 bridgehead atoms. The van der Waals surface area contributed by atoms with Crippen molar-refractivity contribution in [1.29, 1.82) is 0 Å². The molecule has 6 heteroatoms. The molecule has 3 atom stereocenters. The van der Waals surface area contributed by atoms with Crippen LogP contribution in [-0.4, -0.2) is 56.9 Å². The van der Waals surface area contributed by atoms with Gasteiger partial charge in [0.15, 0.2) is 0 Å². The van der Waals surface area contributed by atoms with Crippen LogP contribution in [0.2, 0.25) is 0 Å². The van der Waals surface area contributed by atoms with Gasteiger partial charge in [-0.1, -0.05) is 0 Å². The van der Waals surface area contributed by atoms with Crippen LogP contribution in [0.1, 0.15) is 19.3 Å². The molecular weight excluding hydrogens is 268 g/mol. The van der Waals surface area contributed by atoms with Gasteiger partial charge in [0.05, 0.1) is 0 Å². The number of nitrogens with zero attached hydrogens (tertiary/aromatic N) is 1. The number of fused-ring (bicyclic) bond motifs is 1.